The molecule has 0 heterocycles. The summed E-state index contributed by atoms with van der Waals surface area (Å²) in [6.07, 6.45) is -0.657. The van der Waals surface area contributed by atoms with Crippen molar-refractivity contribution in [3.63, 3.8) is 0 Å². The Kier molecular flexibility index (Phi) is 4.58. The SMILES string of the molecule is Cc1cc(C)c(C)c(OC(=O)OC(C)I)c1. The molecule has 0 amide bonds. The Morgan fingerprint density at radius 2 is 1.94 bits per heavy atom. The first-order chi connectivity index (χ1) is 7.40. The van der Waals surface area contributed by atoms with Gasteiger partial charge in [0.05, 0.1) is 0 Å². The lowest BCUT2D eigenvalue weighted by atomic mass is 10.1. The Balaban J connectivity index is 2.85. The van der Waals surface area contributed by atoms with Gasteiger partial charge in [0.2, 0.25) is 0 Å². The number of rotatable bonds is 2. The lowest BCUT2D eigenvalue weighted by molar-refractivity contribution is 0.0986. The summed E-state index contributed by atoms with van der Waals surface area (Å²) in [6.45, 7) is 7.65. The van der Waals surface area contributed by atoms with Crippen LogP contribution in [0, 0.1) is 20.8 Å². The highest BCUT2D eigenvalue weighted by Gasteiger charge is 2.12. The van der Waals surface area contributed by atoms with Crippen LogP contribution in [0.2, 0.25) is 0 Å². The van der Waals surface area contributed by atoms with Crippen LogP contribution < -0.4 is 4.74 Å². The van der Waals surface area contributed by atoms with Gasteiger partial charge in [0.15, 0.2) is 4.11 Å². The number of hydrogen-bond acceptors (Lipinski definition) is 3. The first-order valence-corrected chi connectivity index (χ1v) is 6.25. The monoisotopic (exact) mass is 334 g/mol. The van der Waals surface area contributed by atoms with Crippen molar-refractivity contribution in [1.29, 1.82) is 0 Å². The van der Waals surface area contributed by atoms with Gasteiger partial charge in [0.1, 0.15) is 5.75 Å². The number of carbonyl (C=O) groups is 1. The maximum atomic E-state index is 11.3. The second-order valence-electron chi connectivity index (χ2n) is 3.72. The predicted octanol–water partition coefficient (Wildman–Crippen LogP) is 3.91. The van der Waals surface area contributed by atoms with Crippen molar-refractivity contribution in [3.8, 4) is 5.75 Å². The van der Waals surface area contributed by atoms with Crippen LogP contribution in [0.4, 0.5) is 4.79 Å². The molecule has 1 aromatic rings. The van der Waals surface area contributed by atoms with Crippen molar-refractivity contribution in [3.05, 3.63) is 28.8 Å². The molecule has 0 aliphatic carbocycles. The molecule has 0 aliphatic heterocycles. The maximum Gasteiger partial charge on any atom is 0.514 e. The molecule has 0 fully saturated rings. The van der Waals surface area contributed by atoms with E-state index in [9.17, 15) is 4.79 Å². The van der Waals surface area contributed by atoms with Gasteiger partial charge in [-0.15, -0.1) is 0 Å². The molecule has 0 aromatic heterocycles. The quantitative estimate of drug-likeness (QED) is 0.356. The van der Waals surface area contributed by atoms with Crippen LogP contribution in [-0.4, -0.2) is 10.3 Å². The van der Waals surface area contributed by atoms with Gasteiger partial charge in [-0.1, -0.05) is 6.07 Å². The highest BCUT2D eigenvalue weighted by Crippen LogP contribution is 2.23. The van der Waals surface area contributed by atoms with Crippen LogP contribution in [0.3, 0.4) is 0 Å². The van der Waals surface area contributed by atoms with E-state index in [1.165, 1.54) is 0 Å². The van der Waals surface area contributed by atoms with E-state index in [-0.39, 0.29) is 4.11 Å². The molecule has 16 heavy (non-hydrogen) atoms. The third-order valence-electron chi connectivity index (χ3n) is 2.22. The zero-order valence-corrected chi connectivity index (χ0v) is 12.0. The Bertz CT molecular complexity index is 399. The summed E-state index contributed by atoms with van der Waals surface area (Å²) < 4.78 is 9.87. The second-order valence-corrected chi connectivity index (χ2v) is 5.47. The minimum Gasteiger partial charge on any atom is -0.420 e. The van der Waals surface area contributed by atoms with Gasteiger partial charge >= 0.3 is 6.16 Å². The summed E-state index contributed by atoms with van der Waals surface area (Å²) in [5.41, 5.74) is 3.13. The number of hydrogen-bond donors (Lipinski definition) is 0. The number of ether oxygens (including phenoxy) is 2. The maximum absolute atomic E-state index is 11.3. The molecule has 1 aromatic carbocycles. The lowest BCUT2D eigenvalue weighted by Crippen LogP contribution is -2.14. The number of benzene rings is 1. The number of alkyl halides is 1. The van der Waals surface area contributed by atoms with E-state index in [2.05, 4.69) is 6.07 Å². The van der Waals surface area contributed by atoms with Crippen molar-refractivity contribution < 1.29 is 14.3 Å². The van der Waals surface area contributed by atoms with Crippen molar-refractivity contribution >= 4 is 28.7 Å². The zero-order valence-electron chi connectivity index (χ0n) is 9.83. The van der Waals surface area contributed by atoms with Crippen molar-refractivity contribution in [2.24, 2.45) is 0 Å². The number of aryl methyl sites for hydroxylation is 2. The molecular weight excluding hydrogens is 319 g/mol. The van der Waals surface area contributed by atoms with Crippen LogP contribution >= 0.6 is 22.6 Å². The third-order valence-corrected chi connectivity index (χ3v) is 2.47. The molecule has 0 saturated heterocycles. The smallest absolute Gasteiger partial charge is 0.420 e. The van der Waals surface area contributed by atoms with Crippen molar-refractivity contribution in [2.75, 3.05) is 0 Å². The average molecular weight is 334 g/mol. The summed E-state index contributed by atoms with van der Waals surface area (Å²) in [7, 11) is 0. The van der Waals surface area contributed by atoms with Gasteiger partial charge in [-0.2, -0.15) is 0 Å². The van der Waals surface area contributed by atoms with Crippen molar-refractivity contribution in [1.82, 2.24) is 0 Å². The van der Waals surface area contributed by atoms with Gasteiger partial charge in [-0.05, 0) is 73.0 Å². The average Bonchev–Trinajstić information content (AvgIpc) is 2.11. The molecule has 0 radical (unpaired) electrons. The van der Waals surface area contributed by atoms with Crippen LogP contribution in [-0.2, 0) is 4.74 Å². The fraction of sp³-hybridized carbons (Fsp3) is 0.417. The molecule has 3 nitrogen and oxygen atoms in total. The zero-order chi connectivity index (χ0) is 12.3. The van der Waals surface area contributed by atoms with E-state index in [0.717, 1.165) is 16.7 Å². The van der Waals surface area contributed by atoms with E-state index in [0.29, 0.717) is 5.75 Å². The molecule has 0 aliphatic rings. The molecule has 1 unspecified atom stereocenters. The third kappa shape index (κ3) is 3.66. The highest BCUT2D eigenvalue weighted by molar-refractivity contribution is 14.1. The molecule has 0 bridgehead atoms. The van der Waals surface area contributed by atoms with Gasteiger partial charge in [-0.3, -0.25) is 0 Å². The lowest BCUT2D eigenvalue weighted by Gasteiger charge is -2.11. The molecule has 0 spiro atoms. The van der Waals surface area contributed by atoms with Crippen molar-refractivity contribution in [2.45, 2.75) is 31.8 Å². The van der Waals surface area contributed by atoms with E-state index in [4.69, 9.17) is 9.47 Å². The highest BCUT2D eigenvalue weighted by atomic mass is 127. The van der Waals surface area contributed by atoms with E-state index in [1.54, 1.807) is 6.92 Å². The molecule has 0 N–H and O–H groups in total. The van der Waals surface area contributed by atoms with Crippen LogP contribution in [0.1, 0.15) is 23.6 Å². The summed E-state index contributed by atoms with van der Waals surface area (Å²) in [4.78, 5) is 11.3. The van der Waals surface area contributed by atoms with E-state index < -0.39 is 6.16 Å². The fourth-order valence-corrected chi connectivity index (χ4v) is 1.56. The summed E-state index contributed by atoms with van der Waals surface area (Å²) in [5.74, 6) is 0.569. The molecular formula is C12H15IO3. The molecule has 1 rings (SSSR count). The topological polar surface area (TPSA) is 35.5 Å². The predicted molar refractivity (Wildman–Crippen MR) is 71.2 cm³/mol. The Labute approximate surface area is 109 Å². The van der Waals surface area contributed by atoms with E-state index >= 15 is 0 Å². The number of halogens is 1. The van der Waals surface area contributed by atoms with Gasteiger partial charge in [0.25, 0.3) is 0 Å². The largest absolute Gasteiger partial charge is 0.514 e. The Hall–Kier alpha value is -0.780. The summed E-state index contributed by atoms with van der Waals surface area (Å²) in [6, 6.07) is 3.88. The standard InChI is InChI=1S/C12H15IO3/c1-7-5-8(2)9(3)11(6-7)16-12(14)15-10(4)13/h5-6,10H,1-4H3. The molecule has 1 atom stereocenters. The van der Waals surface area contributed by atoms with Crippen LogP contribution in [0.5, 0.6) is 5.75 Å². The number of carbonyl (C=O) groups excluding carboxylic acids is 1. The minimum absolute atomic E-state index is 0.198. The first kappa shape index (κ1) is 13.3. The molecule has 88 valence electrons. The Morgan fingerprint density at radius 1 is 1.31 bits per heavy atom. The second kappa shape index (κ2) is 5.52. The minimum atomic E-state index is -0.657. The molecule has 0 saturated carbocycles. The Morgan fingerprint density at radius 3 is 2.50 bits per heavy atom. The fourth-order valence-electron chi connectivity index (χ4n) is 1.35. The first-order valence-electron chi connectivity index (χ1n) is 5.00. The van der Waals surface area contributed by atoms with Crippen LogP contribution in [0.25, 0.3) is 0 Å². The summed E-state index contributed by atoms with van der Waals surface area (Å²) in [5, 5.41) is 0. The molecule has 4 heteroatoms. The van der Waals surface area contributed by atoms with Gasteiger partial charge in [0, 0.05) is 0 Å². The normalized spacial score (nSPS) is 12.1. The van der Waals surface area contributed by atoms with E-state index in [1.807, 2.05) is 49.4 Å². The van der Waals surface area contributed by atoms with Gasteiger partial charge < -0.3 is 9.47 Å². The summed E-state index contributed by atoms with van der Waals surface area (Å²) >= 11 is 2.00. The van der Waals surface area contributed by atoms with Crippen LogP contribution in [0.15, 0.2) is 12.1 Å². The van der Waals surface area contributed by atoms with Gasteiger partial charge in [-0.25, -0.2) is 4.79 Å².